The minimum Gasteiger partial charge on any atom is -0.497 e. The number of hydrogen-bond donors (Lipinski definition) is 2. The molecule has 4 aromatic carbocycles. The Morgan fingerprint density at radius 2 is 1.47 bits per heavy atom. The molecule has 47 heavy (non-hydrogen) atoms. The van der Waals surface area contributed by atoms with Gasteiger partial charge in [-0.15, -0.1) is 0 Å². The lowest BCUT2D eigenvalue weighted by Gasteiger charge is -2.12. The summed E-state index contributed by atoms with van der Waals surface area (Å²) >= 11 is 0. The maximum Gasteiger partial charge on any atom is 0.338 e. The van der Waals surface area contributed by atoms with E-state index >= 15 is 0 Å². The van der Waals surface area contributed by atoms with Gasteiger partial charge in [0.05, 0.1) is 32.6 Å². The topological polar surface area (TPSA) is 125 Å². The molecule has 4 aromatic rings. The van der Waals surface area contributed by atoms with E-state index in [-0.39, 0.29) is 24.2 Å². The Bertz CT molecular complexity index is 1720. The summed E-state index contributed by atoms with van der Waals surface area (Å²) in [5, 5.41) is 6.80. The van der Waals surface area contributed by atoms with E-state index in [9.17, 15) is 14.4 Å². The number of esters is 1. The zero-order chi connectivity index (χ0) is 33.6. The number of ether oxygens (including phenoxy) is 4. The van der Waals surface area contributed by atoms with Gasteiger partial charge in [-0.25, -0.2) is 10.2 Å². The average Bonchev–Trinajstić information content (AvgIpc) is 3.10. The molecule has 0 aliphatic carbocycles. The summed E-state index contributed by atoms with van der Waals surface area (Å²) in [5.41, 5.74) is 5.41. The number of amides is 2. The highest BCUT2D eigenvalue weighted by Crippen LogP contribution is 2.22. The fourth-order valence-electron chi connectivity index (χ4n) is 4.20. The Balaban J connectivity index is 1.43. The van der Waals surface area contributed by atoms with Crippen LogP contribution in [-0.4, -0.2) is 44.8 Å². The van der Waals surface area contributed by atoms with Crippen molar-refractivity contribution >= 4 is 30.1 Å². The van der Waals surface area contributed by atoms with Crippen molar-refractivity contribution in [2.45, 2.75) is 20.5 Å². The third-order valence-corrected chi connectivity index (χ3v) is 6.67. The number of benzene rings is 4. The molecule has 242 valence electrons. The van der Waals surface area contributed by atoms with Crippen molar-refractivity contribution in [2.75, 3.05) is 20.8 Å². The van der Waals surface area contributed by atoms with Crippen molar-refractivity contribution in [1.29, 1.82) is 0 Å². The quantitative estimate of drug-likeness (QED) is 0.0752. The summed E-state index contributed by atoms with van der Waals surface area (Å²) in [4.78, 5) is 38.2. The average molecular weight is 636 g/mol. The molecule has 0 saturated heterocycles. The van der Waals surface area contributed by atoms with Crippen LogP contribution < -0.4 is 25.0 Å². The summed E-state index contributed by atoms with van der Waals surface area (Å²) in [5.74, 6) is 0.641. The molecule has 2 amide bonds. The molecule has 0 unspecified atom stereocenters. The lowest BCUT2D eigenvalue weighted by Crippen LogP contribution is -2.32. The Morgan fingerprint density at radius 3 is 2.13 bits per heavy atom. The van der Waals surface area contributed by atoms with Crippen LogP contribution in [0.5, 0.6) is 17.2 Å². The van der Waals surface area contributed by atoms with Crippen molar-refractivity contribution < 1.29 is 33.3 Å². The molecular weight excluding hydrogens is 598 g/mol. The minimum atomic E-state index is -0.616. The van der Waals surface area contributed by atoms with Gasteiger partial charge in [-0.05, 0) is 89.9 Å². The zero-order valence-electron chi connectivity index (χ0n) is 26.7. The van der Waals surface area contributed by atoms with Crippen LogP contribution in [0.4, 0.5) is 0 Å². The smallest absolute Gasteiger partial charge is 0.338 e. The van der Waals surface area contributed by atoms with Gasteiger partial charge in [-0.3, -0.25) is 9.59 Å². The summed E-state index contributed by atoms with van der Waals surface area (Å²) in [6.45, 7) is 4.48. The highest BCUT2D eigenvalue weighted by atomic mass is 16.5. The van der Waals surface area contributed by atoms with Gasteiger partial charge in [-0.2, -0.15) is 5.10 Å². The van der Waals surface area contributed by atoms with Crippen LogP contribution in [0, 0.1) is 5.92 Å². The van der Waals surface area contributed by atoms with E-state index in [0.29, 0.717) is 46.1 Å². The first-order valence-electron chi connectivity index (χ1n) is 14.9. The molecule has 0 atom stereocenters. The zero-order valence-corrected chi connectivity index (χ0v) is 26.7. The number of nitrogens with zero attached hydrogens (tertiary/aromatic N) is 1. The van der Waals surface area contributed by atoms with Crippen molar-refractivity contribution in [1.82, 2.24) is 10.7 Å². The Morgan fingerprint density at radius 1 is 0.787 bits per heavy atom. The number of hydrazone groups is 1. The number of nitrogens with one attached hydrogen (secondary N) is 2. The number of carbonyl (C=O) groups is 3. The van der Waals surface area contributed by atoms with Crippen LogP contribution in [-0.2, 0) is 16.1 Å². The second-order valence-electron chi connectivity index (χ2n) is 10.7. The van der Waals surface area contributed by atoms with Crippen LogP contribution in [0.25, 0.3) is 6.08 Å². The Kier molecular flexibility index (Phi) is 12.3. The monoisotopic (exact) mass is 635 g/mol. The molecule has 0 aromatic heterocycles. The lowest BCUT2D eigenvalue weighted by molar-refractivity contribution is -0.117. The Labute approximate surface area is 274 Å². The van der Waals surface area contributed by atoms with Gasteiger partial charge in [0.1, 0.15) is 29.6 Å². The molecule has 0 aliphatic rings. The predicted molar refractivity (Wildman–Crippen MR) is 180 cm³/mol. The van der Waals surface area contributed by atoms with Crippen molar-refractivity contribution in [2.24, 2.45) is 11.0 Å². The number of methoxy groups -OCH3 is 2. The SMILES string of the molecule is COc1ccc(C=C(NC(=O)c2ccccc2)C(=O)NN=Cc2ccc(OC)c(COc3ccc(C(=O)OCC(C)C)cc3)c2)cc1. The highest BCUT2D eigenvalue weighted by Gasteiger charge is 2.15. The molecular formula is C37H37N3O7. The molecule has 0 heterocycles. The number of rotatable bonds is 14. The molecule has 10 heteroatoms. The predicted octanol–water partition coefficient (Wildman–Crippen LogP) is 6.02. The summed E-state index contributed by atoms with van der Waals surface area (Å²) in [6.07, 6.45) is 3.03. The summed E-state index contributed by atoms with van der Waals surface area (Å²) in [6, 6.07) is 27.7. The lowest BCUT2D eigenvalue weighted by atomic mass is 10.1. The maximum atomic E-state index is 13.2. The Hall–Kier alpha value is -5.90. The molecule has 0 bridgehead atoms. The molecule has 0 spiro atoms. The van der Waals surface area contributed by atoms with E-state index in [1.54, 1.807) is 111 Å². The van der Waals surface area contributed by atoms with E-state index in [1.165, 1.54) is 6.21 Å². The molecule has 4 rings (SSSR count). The largest absolute Gasteiger partial charge is 0.497 e. The van der Waals surface area contributed by atoms with Crippen molar-refractivity contribution in [3.8, 4) is 17.2 Å². The highest BCUT2D eigenvalue weighted by molar-refractivity contribution is 6.05. The van der Waals surface area contributed by atoms with Crippen LogP contribution in [0.2, 0.25) is 0 Å². The van der Waals surface area contributed by atoms with Gasteiger partial charge in [0.15, 0.2) is 0 Å². The van der Waals surface area contributed by atoms with Gasteiger partial charge in [0.25, 0.3) is 11.8 Å². The van der Waals surface area contributed by atoms with E-state index in [2.05, 4.69) is 15.8 Å². The summed E-state index contributed by atoms with van der Waals surface area (Å²) in [7, 11) is 3.12. The van der Waals surface area contributed by atoms with Crippen LogP contribution in [0.15, 0.2) is 108 Å². The minimum absolute atomic E-state index is 0.00388. The van der Waals surface area contributed by atoms with Gasteiger partial charge in [0, 0.05) is 11.1 Å². The van der Waals surface area contributed by atoms with Gasteiger partial charge < -0.3 is 24.3 Å². The first kappa shape index (κ1) is 34.0. The molecule has 0 saturated carbocycles. The van der Waals surface area contributed by atoms with Crippen LogP contribution >= 0.6 is 0 Å². The van der Waals surface area contributed by atoms with Crippen molar-refractivity contribution in [3.05, 3.63) is 131 Å². The first-order chi connectivity index (χ1) is 22.7. The fourth-order valence-corrected chi connectivity index (χ4v) is 4.20. The molecule has 2 N–H and O–H groups in total. The van der Waals surface area contributed by atoms with Crippen molar-refractivity contribution in [3.63, 3.8) is 0 Å². The van der Waals surface area contributed by atoms with E-state index < -0.39 is 11.8 Å². The third-order valence-electron chi connectivity index (χ3n) is 6.67. The van der Waals surface area contributed by atoms with Crippen LogP contribution in [0.3, 0.4) is 0 Å². The second kappa shape index (κ2) is 17.0. The van der Waals surface area contributed by atoms with Gasteiger partial charge in [-0.1, -0.05) is 44.2 Å². The van der Waals surface area contributed by atoms with Gasteiger partial charge >= 0.3 is 5.97 Å². The standard InChI is InChI=1S/C37H37N3O7/c1-25(2)23-47-37(43)29-13-17-32(18-14-29)46-24-30-20-27(12-19-34(30)45-4)22-38-40-36(42)33(21-26-10-15-31(44-3)16-11-26)39-35(41)28-8-6-5-7-9-28/h5-22,25H,23-24H2,1-4H3,(H,39,41)(H,40,42). The second-order valence-corrected chi connectivity index (χ2v) is 10.7. The normalized spacial score (nSPS) is 11.2. The fraction of sp³-hybridized carbons (Fsp3) is 0.189. The van der Waals surface area contributed by atoms with E-state index in [4.69, 9.17) is 18.9 Å². The molecule has 0 radical (unpaired) electrons. The van der Waals surface area contributed by atoms with E-state index in [0.717, 1.165) is 5.56 Å². The molecule has 0 fully saturated rings. The molecule has 0 aliphatic heterocycles. The molecule has 10 nitrogen and oxygen atoms in total. The summed E-state index contributed by atoms with van der Waals surface area (Å²) < 4.78 is 21.9. The number of hydrogen-bond acceptors (Lipinski definition) is 8. The third kappa shape index (κ3) is 10.3. The van der Waals surface area contributed by atoms with E-state index in [1.807, 2.05) is 19.9 Å². The first-order valence-corrected chi connectivity index (χ1v) is 14.9. The maximum absolute atomic E-state index is 13.2. The van der Waals surface area contributed by atoms with Gasteiger partial charge in [0.2, 0.25) is 0 Å². The van der Waals surface area contributed by atoms with Crippen LogP contribution in [0.1, 0.15) is 51.3 Å². The number of carbonyl (C=O) groups excluding carboxylic acids is 3.